The van der Waals surface area contributed by atoms with E-state index < -0.39 is 12.8 Å². The maximum Gasteiger partial charge on any atom is 0.335 e. The molecule has 0 atom stereocenters. The topological polar surface area (TPSA) is 140 Å². The number of ether oxygens (including phenoxy) is 3. The van der Waals surface area contributed by atoms with Crippen LogP contribution in [0.5, 0.6) is 11.5 Å². The van der Waals surface area contributed by atoms with E-state index in [0.29, 0.717) is 28.8 Å². The molecule has 11 heteroatoms. The van der Waals surface area contributed by atoms with Crippen LogP contribution in [0, 0.1) is 0 Å². The number of esters is 1. The molecule has 0 fully saturated rings. The van der Waals surface area contributed by atoms with E-state index in [1.807, 2.05) is 42.5 Å². The Balaban J connectivity index is 1.54. The van der Waals surface area contributed by atoms with Gasteiger partial charge in [-0.2, -0.15) is 15.0 Å². The second kappa shape index (κ2) is 12.7. The predicted octanol–water partition coefficient (Wildman–Crippen LogP) is 4.89. The molecular formula is C27H26N6O5. The van der Waals surface area contributed by atoms with Crippen LogP contribution in [-0.4, -0.2) is 39.6 Å². The maximum atomic E-state index is 11.6. The molecule has 0 saturated carbocycles. The number of aliphatic hydroxyl groups excluding tert-OH is 1. The molecule has 3 aromatic carbocycles. The Bertz CT molecular complexity index is 1400. The maximum absolute atomic E-state index is 11.6. The van der Waals surface area contributed by atoms with Gasteiger partial charge >= 0.3 is 5.97 Å². The van der Waals surface area contributed by atoms with E-state index in [1.165, 1.54) is 0 Å². The fourth-order valence-corrected chi connectivity index (χ4v) is 3.13. The number of carbonyl (C=O) groups excluding carboxylic acids is 1. The fourth-order valence-electron chi connectivity index (χ4n) is 3.13. The number of aliphatic hydroxyl groups is 1. The smallest absolute Gasteiger partial charge is 0.335 e. The zero-order valence-electron chi connectivity index (χ0n) is 20.5. The quantitative estimate of drug-likeness (QED) is 0.117. The summed E-state index contributed by atoms with van der Waals surface area (Å²) >= 11 is 0. The van der Waals surface area contributed by atoms with Crippen molar-refractivity contribution in [2.24, 2.45) is 0 Å². The van der Waals surface area contributed by atoms with Crippen LogP contribution >= 0.6 is 0 Å². The second-order valence-corrected chi connectivity index (χ2v) is 7.85. The van der Waals surface area contributed by atoms with Crippen LogP contribution < -0.4 is 25.4 Å². The monoisotopic (exact) mass is 514 g/mol. The number of aromatic nitrogens is 3. The minimum absolute atomic E-state index is 0.251. The van der Waals surface area contributed by atoms with Crippen molar-refractivity contribution in [2.45, 2.75) is 6.92 Å². The van der Waals surface area contributed by atoms with Gasteiger partial charge in [0.25, 0.3) is 0 Å². The molecule has 0 spiro atoms. The summed E-state index contributed by atoms with van der Waals surface area (Å²) in [5.74, 6) is 1.25. The standard InChI is InChI=1S/C27H26N6O5/c1-18(2)24(35)38-17-37-23-13-7-11-21(15-23)30-27-32-25(28-19-8-4-3-5-9-19)31-26(33-27)29-20-10-6-12-22(14-20)36-16-34/h3-15,34H,1,16-17H2,2H3,(H3,28,29,30,31,32,33). The van der Waals surface area contributed by atoms with Gasteiger partial charge in [-0.3, -0.25) is 0 Å². The molecule has 0 bridgehead atoms. The normalized spacial score (nSPS) is 10.3. The van der Waals surface area contributed by atoms with E-state index in [-0.39, 0.29) is 24.3 Å². The van der Waals surface area contributed by atoms with Gasteiger partial charge in [0.05, 0.1) is 0 Å². The first-order valence-electron chi connectivity index (χ1n) is 11.5. The van der Waals surface area contributed by atoms with Crippen molar-refractivity contribution >= 4 is 40.9 Å². The van der Waals surface area contributed by atoms with Crippen LogP contribution in [0.1, 0.15) is 6.92 Å². The lowest BCUT2D eigenvalue weighted by Gasteiger charge is -2.13. The second-order valence-electron chi connectivity index (χ2n) is 7.85. The van der Waals surface area contributed by atoms with Crippen molar-refractivity contribution in [3.05, 3.63) is 91.0 Å². The van der Waals surface area contributed by atoms with Gasteiger partial charge in [-0.05, 0) is 43.3 Å². The summed E-state index contributed by atoms with van der Waals surface area (Å²) < 4.78 is 15.6. The van der Waals surface area contributed by atoms with Gasteiger partial charge in [0.1, 0.15) is 11.5 Å². The minimum atomic E-state index is -0.531. The lowest BCUT2D eigenvalue weighted by Crippen LogP contribution is -2.10. The molecule has 0 aliphatic heterocycles. The lowest BCUT2D eigenvalue weighted by molar-refractivity contribution is -0.145. The summed E-state index contributed by atoms with van der Waals surface area (Å²) in [6.45, 7) is 4.41. The van der Waals surface area contributed by atoms with E-state index in [4.69, 9.17) is 19.3 Å². The third kappa shape index (κ3) is 7.67. The molecule has 0 amide bonds. The molecule has 0 unspecified atom stereocenters. The highest BCUT2D eigenvalue weighted by atomic mass is 16.7. The number of anilines is 6. The number of hydrogen-bond donors (Lipinski definition) is 4. The Morgan fingerprint density at radius 2 is 1.26 bits per heavy atom. The summed E-state index contributed by atoms with van der Waals surface area (Å²) in [6.07, 6.45) is 0. The van der Waals surface area contributed by atoms with Crippen LogP contribution in [0.4, 0.5) is 34.9 Å². The molecule has 0 radical (unpaired) electrons. The molecule has 1 heterocycles. The molecule has 4 N–H and O–H groups in total. The van der Waals surface area contributed by atoms with Gasteiger partial charge in [0, 0.05) is 34.8 Å². The molecule has 38 heavy (non-hydrogen) atoms. The van der Waals surface area contributed by atoms with E-state index in [1.54, 1.807) is 43.3 Å². The number of benzene rings is 3. The van der Waals surface area contributed by atoms with Gasteiger partial charge in [-0.1, -0.05) is 36.9 Å². The SMILES string of the molecule is C=C(C)C(=O)OCOc1cccc(Nc2nc(Nc3ccccc3)nc(Nc3cccc(OCO)c3)n2)c1. The molecular weight excluding hydrogens is 488 g/mol. The van der Waals surface area contributed by atoms with Crippen LogP contribution in [0.2, 0.25) is 0 Å². The number of carbonyl (C=O) groups is 1. The first-order valence-corrected chi connectivity index (χ1v) is 11.5. The summed E-state index contributed by atoms with van der Waals surface area (Å²) in [5, 5.41) is 18.5. The van der Waals surface area contributed by atoms with E-state index in [9.17, 15) is 4.79 Å². The molecule has 0 aliphatic rings. The number of hydrogen-bond acceptors (Lipinski definition) is 11. The minimum Gasteiger partial charge on any atom is -0.468 e. The molecule has 194 valence electrons. The Hall–Kier alpha value is -5.16. The zero-order chi connectivity index (χ0) is 26.7. The number of nitrogens with one attached hydrogen (secondary N) is 3. The average molecular weight is 515 g/mol. The fraction of sp³-hybridized carbons (Fsp3) is 0.111. The molecule has 0 aliphatic carbocycles. The molecule has 4 aromatic rings. The van der Waals surface area contributed by atoms with Gasteiger partial charge in [-0.15, -0.1) is 0 Å². The lowest BCUT2D eigenvalue weighted by atomic mass is 10.3. The Labute approximate surface area is 219 Å². The Morgan fingerprint density at radius 3 is 1.79 bits per heavy atom. The summed E-state index contributed by atoms with van der Waals surface area (Å²) in [4.78, 5) is 25.0. The van der Waals surface area contributed by atoms with E-state index in [2.05, 4.69) is 37.5 Å². The summed E-state index contributed by atoms with van der Waals surface area (Å²) in [5.41, 5.74) is 2.37. The van der Waals surface area contributed by atoms with Crippen molar-refractivity contribution in [3.63, 3.8) is 0 Å². The number of para-hydroxylation sites is 1. The first kappa shape index (κ1) is 25.9. The highest BCUT2D eigenvalue weighted by Crippen LogP contribution is 2.24. The first-order chi connectivity index (χ1) is 18.5. The third-order valence-electron chi connectivity index (χ3n) is 4.84. The van der Waals surface area contributed by atoms with Crippen LogP contribution in [-0.2, 0) is 9.53 Å². The van der Waals surface area contributed by atoms with Crippen molar-refractivity contribution in [3.8, 4) is 11.5 Å². The van der Waals surface area contributed by atoms with Crippen LogP contribution in [0.3, 0.4) is 0 Å². The van der Waals surface area contributed by atoms with Crippen molar-refractivity contribution in [1.29, 1.82) is 0 Å². The highest BCUT2D eigenvalue weighted by Gasteiger charge is 2.10. The van der Waals surface area contributed by atoms with E-state index in [0.717, 1.165) is 5.69 Å². The van der Waals surface area contributed by atoms with Gasteiger partial charge < -0.3 is 35.3 Å². The number of nitrogens with zero attached hydrogens (tertiary/aromatic N) is 3. The van der Waals surface area contributed by atoms with Gasteiger partial charge in [0.15, 0.2) is 6.79 Å². The Kier molecular flexibility index (Phi) is 8.66. The molecule has 1 aromatic heterocycles. The van der Waals surface area contributed by atoms with Crippen molar-refractivity contribution < 1.29 is 24.1 Å². The third-order valence-corrected chi connectivity index (χ3v) is 4.84. The highest BCUT2D eigenvalue weighted by molar-refractivity contribution is 5.86. The molecule has 0 saturated heterocycles. The molecule has 4 rings (SSSR count). The van der Waals surface area contributed by atoms with E-state index >= 15 is 0 Å². The van der Waals surface area contributed by atoms with Crippen LogP contribution in [0.25, 0.3) is 0 Å². The summed E-state index contributed by atoms with van der Waals surface area (Å²) in [6, 6.07) is 23.5. The van der Waals surface area contributed by atoms with Gasteiger partial charge in [-0.25, -0.2) is 4.79 Å². The predicted molar refractivity (Wildman–Crippen MR) is 143 cm³/mol. The van der Waals surface area contributed by atoms with Crippen molar-refractivity contribution in [1.82, 2.24) is 15.0 Å². The Morgan fingerprint density at radius 1 is 0.763 bits per heavy atom. The van der Waals surface area contributed by atoms with Gasteiger partial charge in [0.2, 0.25) is 24.6 Å². The number of rotatable bonds is 12. The van der Waals surface area contributed by atoms with Crippen molar-refractivity contribution in [2.75, 3.05) is 29.5 Å². The molecule has 11 nitrogen and oxygen atoms in total. The largest absolute Gasteiger partial charge is 0.468 e. The average Bonchev–Trinajstić information content (AvgIpc) is 2.90. The zero-order valence-corrected chi connectivity index (χ0v) is 20.5. The summed E-state index contributed by atoms with van der Waals surface area (Å²) in [7, 11) is 0. The van der Waals surface area contributed by atoms with Crippen LogP contribution in [0.15, 0.2) is 91.0 Å².